The molecule has 3 N–H and O–H groups in total. The topological polar surface area (TPSA) is 111 Å². The Balaban J connectivity index is 2.55. The number of ether oxygens (including phenoxy) is 1. The second kappa shape index (κ2) is 5.12. The molecule has 0 bridgehead atoms. The molecule has 20 heavy (non-hydrogen) atoms. The molecule has 7 heteroatoms. The summed E-state index contributed by atoms with van der Waals surface area (Å²) in [6.45, 7) is 4.99. The van der Waals surface area contributed by atoms with Crippen molar-refractivity contribution in [3.63, 3.8) is 0 Å². The number of hydrogen-bond acceptors (Lipinski definition) is 5. The summed E-state index contributed by atoms with van der Waals surface area (Å²) in [4.78, 5) is 22.3. The molecule has 0 unspecified atom stereocenters. The van der Waals surface area contributed by atoms with Crippen molar-refractivity contribution in [3.05, 3.63) is 29.0 Å². The first-order valence-electron chi connectivity index (χ1n) is 5.90. The minimum Gasteiger partial charge on any atom is -0.427 e. The molecule has 1 aromatic heterocycles. The van der Waals surface area contributed by atoms with E-state index in [2.05, 4.69) is 15.4 Å². The number of esters is 1. The highest BCUT2D eigenvalue weighted by Gasteiger charge is 2.19. The number of amides is 1. The zero-order valence-corrected chi connectivity index (χ0v) is 11.4. The lowest BCUT2D eigenvalue weighted by molar-refractivity contribution is -0.131. The minimum absolute atomic E-state index is 0.0800. The summed E-state index contributed by atoms with van der Waals surface area (Å²) in [5.41, 5.74) is 8.08. The number of aryl methyl sites for hydroxylation is 2. The number of carbonyl (C=O) groups is 2. The largest absolute Gasteiger partial charge is 0.427 e. The van der Waals surface area contributed by atoms with Crippen LogP contribution in [0.1, 0.15) is 28.5 Å². The number of carbonyl (C=O) groups excluding carboxylic acids is 2. The number of nitrogens with two attached hydrogens (primary N) is 1. The van der Waals surface area contributed by atoms with Crippen molar-refractivity contribution in [2.24, 2.45) is 5.73 Å². The van der Waals surface area contributed by atoms with Gasteiger partial charge in [-0.2, -0.15) is 15.4 Å². The van der Waals surface area contributed by atoms with Crippen molar-refractivity contribution in [2.45, 2.75) is 20.8 Å². The van der Waals surface area contributed by atoms with Gasteiger partial charge in [-0.1, -0.05) is 0 Å². The summed E-state index contributed by atoms with van der Waals surface area (Å²) in [5, 5.41) is 10.1. The van der Waals surface area contributed by atoms with Gasteiger partial charge in [-0.05, 0) is 37.1 Å². The van der Waals surface area contributed by atoms with E-state index in [4.69, 9.17) is 10.5 Å². The maximum absolute atomic E-state index is 11.3. The lowest BCUT2D eigenvalue weighted by atomic mass is 9.98. The molecule has 2 aromatic rings. The highest BCUT2D eigenvalue weighted by atomic mass is 16.5. The van der Waals surface area contributed by atoms with Crippen LogP contribution in [0.25, 0.3) is 11.3 Å². The molecule has 0 saturated heterocycles. The van der Waals surface area contributed by atoms with Crippen LogP contribution in [-0.4, -0.2) is 27.3 Å². The van der Waals surface area contributed by atoms with Crippen LogP contribution in [0.3, 0.4) is 0 Å². The van der Waals surface area contributed by atoms with E-state index >= 15 is 0 Å². The maximum Gasteiger partial charge on any atom is 0.308 e. The van der Waals surface area contributed by atoms with Crippen LogP contribution in [0.4, 0.5) is 0 Å². The van der Waals surface area contributed by atoms with Crippen molar-refractivity contribution < 1.29 is 14.3 Å². The molecular formula is C13H14N4O3. The van der Waals surface area contributed by atoms with E-state index in [0.29, 0.717) is 11.4 Å². The van der Waals surface area contributed by atoms with E-state index in [1.165, 1.54) is 6.92 Å². The zero-order valence-electron chi connectivity index (χ0n) is 11.4. The standard InChI is InChI=1S/C13H14N4O3/c1-6-4-9(20-8(3)18)5-7(2)10(6)11-12(13(14)19)16-17-15-11/h4-5H,1-3H3,(H2,14,19)(H,15,16,17). The van der Waals surface area contributed by atoms with Crippen molar-refractivity contribution in [1.82, 2.24) is 15.4 Å². The molecule has 0 aliphatic carbocycles. The van der Waals surface area contributed by atoms with E-state index in [-0.39, 0.29) is 5.69 Å². The van der Waals surface area contributed by atoms with E-state index in [1.54, 1.807) is 12.1 Å². The monoisotopic (exact) mass is 274 g/mol. The van der Waals surface area contributed by atoms with Crippen molar-refractivity contribution in [3.8, 4) is 17.0 Å². The van der Waals surface area contributed by atoms with Gasteiger partial charge in [0.2, 0.25) is 0 Å². The molecule has 2 rings (SSSR count). The zero-order chi connectivity index (χ0) is 14.9. The van der Waals surface area contributed by atoms with Crippen molar-refractivity contribution >= 4 is 11.9 Å². The van der Waals surface area contributed by atoms with Crippen molar-refractivity contribution in [2.75, 3.05) is 0 Å². The van der Waals surface area contributed by atoms with Crippen LogP contribution in [0, 0.1) is 13.8 Å². The number of hydrogen-bond donors (Lipinski definition) is 2. The summed E-state index contributed by atoms with van der Waals surface area (Å²) in [6, 6.07) is 3.40. The van der Waals surface area contributed by atoms with Gasteiger partial charge in [0.05, 0.1) is 0 Å². The summed E-state index contributed by atoms with van der Waals surface area (Å²) in [6.07, 6.45) is 0. The highest BCUT2D eigenvalue weighted by Crippen LogP contribution is 2.31. The van der Waals surface area contributed by atoms with Crippen LogP contribution < -0.4 is 10.5 Å². The second-order valence-corrected chi connectivity index (χ2v) is 4.41. The van der Waals surface area contributed by atoms with Gasteiger partial charge in [-0.25, -0.2) is 0 Å². The molecule has 0 radical (unpaired) electrons. The molecule has 0 aliphatic heterocycles. The summed E-state index contributed by atoms with van der Waals surface area (Å²) < 4.78 is 5.05. The van der Waals surface area contributed by atoms with Gasteiger partial charge in [0.15, 0.2) is 5.69 Å². The molecule has 0 atom stereocenters. The fourth-order valence-corrected chi connectivity index (χ4v) is 2.10. The van der Waals surface area contributed by atoms with E-state index in [9.17, 15) is 9.59 Å². The third-order valence-corrected chi connectivity index (χ3v) is 2.79. The summed E-state index contributed by atoms with van der Waals surface area (Å²) in [5.74, 6) is -0.604. The third-order valence-electron chi connectivity index (χ3n) is 2.79. The number of primary amides is 1. The van der Waals surface area contributed by atoms with E-state index < -0.39 is 11.9 Å². The van der Waals surface area contributed by atoms with Gasteiger partial charge in [0.1, 0.15) is 11.4 Å². The fourth-order valence-electron chi connectivity index (χ4n) is 2.10. The predicted octanol–water partition coefficient (Wildman–Crippen LogP) is 1.11. The first kappa shape index (κ1) is 13.7. The maximum atomic E-state index is 11.3. The summed E-state index contributed by atoms with van der Waals surface area (Å²) in [7, 11) is 0. The van der Waals surface area contributed by atoms with Crippen LogP contribution in [0.5, 0.6) is 5.75 Å². The highest BCUT2D eigenvalue weighted by molar-refractivity contribution is 5.97. The van der Waals surface area contributed by atoms with Gasteiger partial charge < -0.3 is 10.5 Å². The molecule has 1 amide bonds. The average molecular weight is 274 g/mol. The molecule has 104 valence electrons. The first-order valence-corrected chi connectivity index (χ1v) is 5.90. The van der Waals surface area contributed by atoms with E-state index in [0.717, 1.165) is 16.7 Å². The quantitative estimate of drug-likeness (QED) is 0.643. The summed E-state index contributed by atoms with van der Waals surface area (Å²) >= 11 is 0. The Morgan fingerprint density at radius 1 is 1.20 bits per heavy atom. The Morgan fingerprint density at radius 3 is 2.30 bits per heavy atom. The molecule has 1 aromatic carbocycles. The number of rotatable bonds is 3. The number of benzene rings is 1. The second-order valence-electron chi connectivity index (χ2n) is 4.41. The number of nitrogens with zero attached hydrogens (tertiary/aromatic N) is 2. The molecule has 7 nitrogen and oxygen atoms in total. The Morgan fingerprint density at radius 2 is 1.80 bits per heavy atom. The normalized spacial score (nSPS) is 10.3. The van der Waals surface area contributed by atoms with E-state index in [1.807, 2.05) is 13.8 Å². The van der Waals surface area contributed by atoms with Crippen molar-refractivity contribution in [1.29, 1.82) is 0 Å². The van der Waals surface area contributed by atoms with Gasteiger partial charge in [-0.15, -0.1) is 0 Å². The lowest BCUT2D eigenvalue weighted by Crippen LogP contribution is -2.13. The van der Waals surface area contributed by atoms with Crippen LogP contribution in [-0.2, 0) is 4.79 Å². The van der Waals surface area contributed by atoms with Crippen LogP contribution in [0.15, 0.2) is 12.1 Å². The Labute approximate surface area is 115 Å². The Hall–Kier alpha value is -2.70. The molecule has 0 spiro atoms. The molecule has 0 aliphatic rings. The van der Waals surface area contributed by atoms with Gasteiger partial charge >= 0.3 is 5.97 Å². The number of nitrogens with one attached hydrogen (secondary N) is 1. The Kier molecular flexibility index (Phi) is 3.51. The predicted molar refractivity (Wildman–Crippen MR) is 71.1 cm³/mol. The number of aromatic nitrogens is 3. The minimum atomic E-state index is -0.656. The first-order chi connectivity index (χ1) is 9.40. The van der Waals surface area contributed by atoms with Crippen LogP contribution >= 0.6 is 0 Å². The van der Waals surface area contributed by atoms with Crippen LogP contribution in [0.2, 0.25) is 0 Å². The lowest BCUT2D eigenvalue weighted by Gasteiger charge is -2.10. The third kappa shape index (κ3) is 2.51. The molecule has 0 fully saturated rings. The molecular weight excluding hydrogens is 260 g/mol. The SMILES string of the molecule is CC(=O)Oc1cc(C)c(-c2n[nH]nc2C(N)=O)c(C)c1. The fraction of sp³-hybridized carbons (Fsp3) is 0.231. The van der Waals surface area contributed by atoms with Gasteiger partial charge in [0.25, 0.3) is 5.91 Å². The number of aromatic amines is 1. The van der Waals surface area contributed by atoms with Gasteiger partial charge in [-0.3, -0.25) is 9.59 Å². The molecule has 1 heterocycles. The average Bonchev–Trinajstić information content (AvgIpc) is 2.75. The smallest absolute Gasteiger partial charge is 0.308 e. The van der Waals surface area contributed by atoms with Gasteiger partial charge in [0, 0.05) is 12.5 Å². The number of H-pyrrole nitrogens is 1. The molecule has 0 saturated carbocycles. The Bertz CT molecular complexity index is 668.